The second-order valence-corrected chi connectivity index (χ2v) is 6.80. The molecular formula is C17H23N5O. The van der Waals surface area contributed by atoms with Crippen LogP contribution in [0.25, 0.3) is 0 Å². The van der Waals surface area contributed by atoms with Gasteiger partial charge in [-0.2, -0.15) is 10.2 Å². The second kappa shape index (κ2) is 5.92. The quantitative estimate of drug-likeness (QED) is 0.927. The molecule has 0 amide bonds. The molecule has 23 heavy (non-hydrogen) atoms. The van der Waals surface area contributed by atoms with Gasteiger partial charge in [-0.1, -0.05) is 0 Å². The Morgan fingerprint density at radius 3 is 3.04 bits per heavy atom. The zero-order chi connectivity index (χ0) is 15.8. The van der Waals surface area contributed by atoms with Crippen LogP contribution in [0.4, 0.5) is 0 Å². The Balaban J connectivity index is 1.50. The minimum atomic E-state index is 0.0492. The summed E-state index contributed by atoms with van der Waals surface area (Å²) >= 11 is 0. The Morgan fingerprint density at radius 1 is 1.30 bits per heavy atom. The van der Waals surface area contributed by atoms with Crippen molar-refractivity contribution in [3.63, 3.8) is 0 Å². The van der Waals surface area contributed by atoms with Crippen molar-refractivity contribution in [2.24, 2.45) is 0 Å². The van der Waals surface area contributed by atoms with Crippen molar-refractivity contribution in [1.82, 2.24) is 24.9 Å². The molecule has 1 atom stereocenters. The molecule has 3 heterocycles. The number of likely N-dealkylation sites (tertiary alicyclic amines) is 1. The van der Waals surface area contributed by atoms with Crippen LogP contribution in [0.2, 0.25) is 0 Å². The molecule has 0 saturated carbocycles. The minimum absolute atomic E-state index is 0.0492. The molecule has 0 aromatic carbocycles. The SMILES string of the molecule is Cc1cc(CN2CCCC2Cn2nc3c(cc2=O)CCC3)n[nH]1. The highest BCUT2D eigenvalue weighted by molar-refractivity contribution is 5.22. The van der Waals surface area contributed by atoms with Crippen LogP contribution >= 0.6 is 0 Å². The molecular weight excluding hydrogens is 290 g/mol. The molecule has 0 spiro atoms. The number of aryl methyl sites for hydroxylation is 3. The van der Waals surface area contributed by atoms with Gasteiger partial charge in [0.05, 0.1) is 17.9 Å². The minimum Gasteiger partial charge on any atom is -0.293 e. The van der Waals surface area contributed by atoms with Gasteiger partial charge in [0.15, 0.2) is 0 Å². The topological polar surface area (TPSA) is 66.8 Å². The summed E-state index contributed by atoms with van der Waals surface area (Å²) in [5.41, 5.74) is 4.49. The Labute approximate surface area is 135 Å². The number of H-pyrrole nitrogens is 1. The standard InChI is InChI=1S/C17H23N5O/c1-12-8-14(19-18-12)10-21-7-3-5-15(21)11-22-17(23)9-13-4-2-6-16(13)20-22/h8-9,15H,2-7,10-11H2,1H3,(H,18,19). The maximum absolute atomic E-state index is 12.3. The van der Waals surface area contributed by atoms with Crippen molar-refractivity contribution in [2.45, 2.75) is 58.2 Å². The molecule has 4 rings (SSSR count). The number of rotatable bonds is 4. The Morgan fingerprint density at radius 2 is 2.22 bits per heavy atom. The number of nitrogens with zero attached hydrogens (tertiary/aromatic N) is 4. The Hall–Kier alpha value is -1.95. The Bertz CT molecular complexity index is 763. The van der Waals surface area contributed by atoms with E-state index >= 15 is 0 Å². The fourth-order valence-electron chi connectivity index (χ4n) is 3.84. The lowest BCUT2D eigenvalue weighted by Gasteiger charge is -2.23. The predicted molar refractivity (Wildman–Crippen MR) is 87.3 cm³/mol. The van der Waals surface area contributed by atoms with Crippen molar-refractivity contribution in [3.8, 4) is 0 Å². The summed E-state index contributed by atoms with van der Waals surface area (Å²) in [4.78, 5) is 14.7. The molecule has 2 aromatic heterocycles. The van der Waals surface area contributed by atoms with E-state index in [0.717, 1.165) is 61.4 Å². The number of hydrogen-bond donors (Lipinski definition) is 1. The van der Waals surface area contributed by atoms with Crippen LogP contribution in [-0.4, -0.2) is 37.5 Å². The molecule has 6 heteroatoms. The number of aromatic nitrogens is 4. The summed E-state index contributed by atoms with van der Waals surface area (Å²) in [6.07, 6.45) is 5.44. The lowest BCUT2D eigenvalue weighted by molar-refractivity contribution is 0.214. The van der Waals surface area contributed by atoms with Gasteiger partial charge in [-0.3, -0.25) is 14.8 Å². The van der Waals surface area contributed by atoms with Crippen LogP contribution in [0.15, 0.2) is 16.9 Å². The molecule has 1 aliphatic heterocycles. The molecule has 2 aliphatic rings. The lowest BCUT2D eigenvalue weighted by atomic mass is 10.2. The van der Waals surface area contributed by atoms with Crippen LogP contribution in [0.3, 0.4) is 0 Å². The summed E-state index contributed by atoms with van der Waals surface area (Å²) in [5, 5.41) is 12.0. The zero-order valence-corrected chi connectivity index (χ0v) is 13.6. The third kappa shape index (κ3) is 2.95. The average molecular weight is 313 g/mol. The van der Waals surface area contributed by atoms with Crippen molar-refractivity contribution in [3.05, 3.63) is 45.1 Å². The zero-order valence-electron chi connectivity index (χ0n) is 13.6. The first-order chi connectivity index (χ1) is 11.2. The normalized spacial score (nSPS) is 21.0. The molecule has 122 valence electrons. The third-order valence-corrected chi connectivity index (χ3v) is 5.03. The van der Waals surface area contributed by atoms with Gasteiger partial charge in [-0.15, -0.1) is 0 Å². The highest BCUT2D eigenvalue weighted by atomic mass is 16.1. The van der Waals surface area contributed by atoms with E-state index < -0.39 is 0 Å². The summed E-state index contributed by atoms with van der Waals surface area (Å²) < 4.78 is 1.68. The second-order valence-electron chi connectivity index (χ2n) is 6.80. The molecule has 0 bridgehead atoms. The smallest absolute Gasteiger partial charge is 0.267 e. The van der Waals surface area contributed by atoms with Crippen LogP contribution in [0.1, 0.15) is 41.9 Å². The summed E-state index contributed by atoms with van der Waals surface area (Å²) in [6, 6.07) is 4.26. The fraction of sp³-hybridized carbons (Fsp3) is 0.588. The van der Waals surface area contributed by atoms with Gasteiger partial charge in [-0.05, 0) is 57.2 Å². The van der Waals surface area contributed by atoms with Crippen molar-refractivity contribution in [1.29, 1.82) is 0 Å². The molecule has 6 nitrogen and oxygen atoms in total. The molecule has 1 aliphatic carbocycles. The van der Waals surface area contributed by atoms with E-state index in [2.05, 4.69) is 26.3 Å². The van der Waals surface area contributed by atoms with E-state index in [0.29, 0.717) is 12.6 Å². The van der Waals surface area contributed by atoms with Gasteiger partial charge >= 0.3 is 0 Å². The summed E-state index contributed by atoms with van der Waals surface area (Å²) in [6.45, 7) is 4.62. The van der Waals surface area contributed by atoms with E-state index in [1.165, 1.54) is 6.42 Å². The number of aromatic amines is 1. The largest absolute Gasteiger partial charge is 0.293 e. The number of fused-ring (bicyclic) bond motifs is 1. The van der Waals surface area contributed by atoms with Crippen LogP contribution in [0.5, 0.6) is 0 Å². The number of hydrogen-bond acceptors (Lipinski definition) is 4. The first-order valence-corrected chi connectivity index (χ1v) is 8.54. The van der Waals surface area contributed by atoms with Crippen LogP contribution < -0.4 is 5.56 Å². The molecule has 2 aromatic rings. The summed E-state index contributed by atoms with van der Waals surface area (Å²) in [7, 11) is 0. The lowest BCUT2D eigenvalue weighted by Crippen LogP contribution is -2.37. The van der Waals surface area contributed by atoms with Gasteiger partial charge in [-0.25, -0.2) is 4.68 Å². The summed E-state index contributed by atoms with van der Waals surface area (Å²) in [5.74, 6) is 0. The van der Waals surface area contributed by atoms with Gasteiger partial charge in [0, 0.05) is 24.3 Å². The fourth-order valence-corrected chi connectivity index (χ4v) is 3.84. The highest BCUT2D eigenvalue weighted by Crippen LogP contribution is 2.22. The molecule has 1 saturated heterocycles. The van der Waals surface area contributed by atoms with Crippen molar-refractivity contribution < 1.29 is 0 Å². The third-order valence-electron chi connectivity index (χ3n) is 5.03. The molecule has 1 N–H and O–H groups in total. The van der Waals surface area contributed by atoms with Crippen LogP contribution in [-0.2, 0) is 25.9 Å². The maximum Gasteiger partial charge on any atom is 0.267 e. The Kier molecular flexibility index (Phi) is 3.77. The monoisotopic (exact) mass is 313 g/mol. The van der Waals surface area contributed by atoms with E-state index in [9.17, 15) is 4.79 Å². The van der Waals surface area contributed by atoms with E-state index in [1.807, 2.05) is 6.92 Å². The van der Waals surface area contributed by atoms with Crippen LogP contribution in [0, 0.1) is 6.92 Å². The van der Waals surface area contributed by atoms with Gasteiger partial charge in [0.2, 0.25) is 0 Å². The van der Waals surface area contributed by atoms with E-state index in [-0.39, 0.29) is 5.56 Å². The highest BCUT2D eigenvalue weighted by Gasteiger charge is 2.26. The number of nitrogens with one attached hydrogen (secondary N) is 1. The van der Waals surface area contributed by atoms with Crippen molar-refractivity contribution in [2.75, 3.05) is 6.54 Å². The maximum atomic E-state index is 12.3. The molecule has 1 fully saturated rings. The first kappa shape index (κ1) is 14.6. The van der Waals surface area contributed by atoms with E-state index in [4.69, 9.17) is 0 Å². The first-order valence-electron chi connectivity index (χ1n) is 8.54. The van der Waals surface area contributed by atoms with Gasteiger partial charge < -0.3 is 0 Å². The van der Waals surface area contributed by atoms with Crippen molar-refractivity contribution >= 4 is 0 Å². The van der Waals surface area contributed by atoms with Gasteiger partial charge in [0.1, 0.15) is 0 Å². The molecule has 1 unspecified atom stereocenters. The van der Waals surface area contributed by atoms with Gasteiger partial charge in [0.25, 0.3) is 5.56 Å². The predicted octanol–water partition coefficient (Wildman–Crippen LogP) is 1.43. The van der Waals surface area contributed by atoms with E-state index in [1.54, 1.807) is 10.7 Å². The molecule has 0 radical (unpaired) electrons. The average Bonchev–Trinajstić information content (AvgIpc) is 3.23.